The third-order valence-electron chi connectivity index (χ3n) is 4.20. The molecule has 0 bridgehead atoms. The molecule has 2 heterocycles. The van der Waals surface area contributed by atoms with Gasteiger partial charge >= 0.3 is 0 Å². The van der Waals surface area contributed by atoms with Crippen molar-refractivity contribution in [3.05, 3.63) is 36.0 Å². The van der Waals surface area contributed by atoms with Crippen molar-refractivity contribution in [2.45, 2.75) is 26.8 Å². The van der Waals surface area contributed by atoms with Crippen LogP contribution in [0.3, 0.4) is 0 Å². The number of benzene rings is 1. The minimum atomic E-state index is -0.0691. The van der Waals surface area contributed by atoms with Crippen LogP contribution in [0.25, 0.3) is 22.2 Å². The van der Waals surface area contributed by atoms with Gasteiger partial charge in [0.2, 0.25) is 0 Å². The second-order valence-corrected chi connectivity index (χ2v) is 5.90. The Bertz CT molecular complexity index is 948. The summed E-state index contributed by atoms with van der Waals surface area (Å²) in [5, 5.41) is 23.0. The van der Waals surface area contributed by atoms with Crippen LogP contribution in [0.1, 0.15) is 25.8 Å². The molecule has 3 rings (SSSR count). The van der Waals surface area contributed by atoms with Crippen LogP contribution in [0.5, 0.6) is 5.75 Å². The lowest BCUT2D eigenvalue weighted by Gasteiger charge is -2.07. The maximum atomic E-state index is 9.23. The minimum Gasteiger partial charge on any atom is -0.494 e. The first kappa shape index (κ1) is 17.9. The number of aromatic nitrogens is 3. The van der Waals surface area contributed by atoms with Crippen LogP contribution in [0.2, 0.25) is 0 Å². The molecule has 0 fully saturated rings. The molecule has 3 aromatic rings. The number of aliphatic hydroxyl groups excluding tert-OH is 1. The van der Waals surface area contributed by atoms with Gasteiger partial charge in [-0.3, -0.25) is 4.98 Å². The molecule has 0 aliphatic heterocycles. The van der Waals surface area contributed by atoms with E-state index < -0.39 is 0 Å². The zero-order chi connectivity index (χ0) is 18.7. The topological polar surface area (TPSA) is 110 Å². The average molecular weight is 353 g/mol. The van der Waals surface area contributed by atoms with Gasteiger partial charge in [0, 0.05) is 28.9 Å². The van der Waals surface area contributed by atoms with Crippen molar-refractivity contribution in [1.82, 2.24) is 14.8 Å². The molecule has 4 N–H and O–H groups in total. The lowest BCUT2D eigenvalue weighted by molar-refractivity contribution is 0.270. The largest absolute Gasteiger partial charge is 0.494 e. The highest BCUT2D eigenvalue weighted by Gasteiger charge is 2.20. The lowest BCUT2D eigenvalue weighted by Crippen LogP contribution is -2.09. The summed E-state index contributed by atoms with van der Waals surface area (Å²) in [5.74, 6) is 1.18. The highest BCUT2D eigenvalue weighted by molar-refractivity contribution is 6.07. The van der Waals surface area contributed by atoms with Crippen LogP contribution in [0, 0.1) is 5.41 Å². The van der Waals surface area contributed by atoms with E-state index in [1.54, 1.807) is 6.20 Å². The molecule has 0 spiro atoms. The molecule has 0 aliphatic rings. The lowest BCUT2D eigenvalue weighted by atomic mass is 10.0. The van der Waals surface area contributed by atoms with Gasteiger partial charge in [-0.25, -0.2) is 4.68 Å². The Kier molecular flexibility index (Phi) is 5.18. The number of hydrogen-bond acceptors (Lipinski definition) is 6. The predicted molar refractivity (Wildman–Crippen MR) is 103 cm³/mol. The second kappa shape index (κ2) is 7.53. The first-order chi connectivity index (χ1) is 12.6. The van der Waals surface area contributed by atoms with Gasteiger partial charge < -0.3 is 21.0 Å². The summed E-state index contributed by atoms with van der Waals surface area (Å²) in [6, 6.07) is 7.74. The Morgan fingerprint density at radius 1 is 1.31 bits per heavy atom. The summed E-state index contributed by atoms with van der Waals surface area (Å²) in [6.07, 6.45) is 2.27. The maximum Gasteiger partial charge on any atom is 0.131 e. The van der Waals surface area contributed by atoms with Gasteiger partial charge in [0.25, 0.3) is 0 Å². The molecule has 0 saturated heterocycles. The van der Waals surface area contributed by atoms with Crippen molar-refractivity contribution in [3.8, 4) is 17.0 Å². The Balaban J connectivity index is 2.11. The van der Waals surface area contributed by atoms with Crippen LogP contribution >= 0.6 is 0 Å². The number of anilines is 1. The summed E-state index contributed by atoms with van der Waals surface area (Å²) in [5.41, 5.74) is 9.43. The molecule has 7 nitrogen and oxygen atoms in total. The normalized spacial score (nSPS) is 11.0. The molecule has 2 aromatic heterocycles. The van der Waals surface area contributed by atoms with Gasteiger partial charge in [0.15, 0.2) is 0 Å². The van der Waals surface area contributed by atoms with E-state index in [0.29, 0.717) is 35.8 Å². The Morgan fingerprint density at radius 3 is 2.81 bits per heavy atom. The van der Waals surface area contributed by atoms with Crippen LogP contribution in [-0.2, 0) is 6.54 Å². The summed E-state index contributed by atoms with van der Waals surface area (Å²) < 4.78 is 7.05. The molecule has 26 heavy (non-hydrogen) atoms. The molecule has 0 radical (unpaired) electrons. The summed E-state index contributed by atoms with van der Waals surface area (Å²) in [4.78, 5) is 4.52. The Labute approximate surface area is 151 Å². The first-order valence-corrected chi connectivity index (χ1v) is 8.66. The van der Waals surface area contributed by atoms with E-state index in [1.807, 2.05) is 38.1 Å². The number of nitrogens with zero attached hydrogens (tertiary/aromatic N) is 3. The highest BCUT2D eigenvalue weighted by atomic mass is 16.5. The third-order valence-corrected chi connectivity index (χ3v) is 4.20. The molecule has 0 unspecified atom stereocenters. The van der Waals surface area contributed by atoms with E-state index in [4.69, 9.17) is 15.9 Å². The van der Waals surface area contributed by atoms with Gasteiger partial charge in [0.05, 0.1) is 30.8 Å². The fraction of sp³-hybridized carbons (Fsp3) is 0.316. The van der Waals surface area contributed by atoms with Gasteiger partial charge in [0.1, 0.15) is 17.3 Å². The van der Waals surface area contributed by atoms with Crippen molar-refractivity contribution in [2.75, 3.05) is 18.9 Å². The highest BCUT2D eigenvalue weighted by Crippen LogP contribution is 2.30. The molecule has 1 aromatic carbocycles. The predicted octanol–water partition coefficient (Wildman–Crippen LogP) is 2.85. The Morgan fingerprint density at radius 2 is 2.12 bits per heavy atom. The zero-order valence-corrected chi connectivity index (χ0v) is 15.0. The molecular weight excluding hydrogens is 330 g/mol. The number of fused-ring (bicyclic) bond motifs is 1. The summed E-state index contributed by atoms with van der Waals surface area (Å²) in [7, 11) is 0. The summed E-state index contributed by atoms with van der Waals surface area (Å²) >= 11 is 0. The second-order valence-electron chi connectivity index (χ2n) is 5.90. The zero-order valence-electron chi connectivity index (χ0n) is 15.0. The Hall–Kier alpha value is -2.93. The van der Waals surface area contributed by atoms with Crippen LogP contribution < -0.4 is 10.5 Å². The minimum absolute atomic E-state index is 0.0691. The van der Waals surface area contributed by atoms with Crippen LogP contribution in [0.15, 0.2) is 30.5 Å². The molecule has 136 valence electrons. The maximum absolute atomic E-state index is 9.23. The number of aliphatic hydroxyl groups is 1. The quantitative estimate of drug-likeness (QED) is 0.566. The molecule has 7 heteroatoms. The number of nitrogens with two attached hydrogens (primary N) is 1. The van der Waals surface area contributed by atoms with Crippen LogP contribution in [0.4, 0.5) is 5.82 Å². The van der Waals surface area contributed by atoms with E-state index in [0.717, 1.165) is 22.2 Å². The van der Waals surface area contributed by atoms with E-state index >= 15 is 0 Å². The van der Waals surface area contributed by atoms with Gasteiger partial charge in [-0.05, 0) is 31.5 Å². The van der Waals surface area contributed by atoms with Crippen LogP contribution in [-0.4, -0.2) is 38.8 Å². The monoisotopic (exact) mass is 353 g/mol. The fourth-order valence-corrected chi connectivity index (χ4v) is 2.90. The molecule has 0 aliphatic carbocycles. The number of nitrogen functional groups attached to an aromatic ring is 1. The van der Waals surface area contributed by atoms with Gasteiger partial charge in [-0.2, -0.15) is 5.10 Å². The number of pyridine rings is 1. The molecule has 0 amide bonds. The molecule has 0 atom stereocenters. The van der Waals surface area contributed by atoms with E-state index in [9.17, 15) is 5.11 Å². The van der Waals surface area contributed by atoms with Gasteiger partial charge in [-0.1, -0.05) is 6.92 Å². The standard InChI is InChI=1S/C19H23N5O2/c1-3-15(20)17-18(23-24(7-8-25)19(17)21)13-9-12-5-6-14(26-4-2)10-16(12)22-11-13/h5-6,9-11,20,25H,3-4,7-8,21H2,1-2H3. The SMILES string of the molecule is CCOc1ccc2cc(-c3nn(CCO)c(N)c3C(=N)CC)cnc2c1. The van der Waals surface area contributed by atoms with Crippen molar-refractivity contribution < 1.29 is 9.84 Å². The third kappa shape index (κ3) is 3.25. The fourth-order valence-electron chi connectivity index (χ4n) is 2.90. The number of rotatable bonds is 7. The molecular formula is C19H23N5O2. The van der Waals surface area contributed by atoms with Crippen molar-refractivity contribution in [1.29, 1.82) is 5.41 Å². The van der Waals surface area contributed by atoms with Gasteiger partial charge in [-0.15, -0.1) is 0 Å². The first-order valence-electron chi connectivity index (χ1n) is 8.66. The van der Waals surface area contributed by atoms with E-state index in [2.05, 4.69) is 10.1 Å². The summed E-state index contributed by atoms with van der Waals surface area (Å²) in [6.45, 7) is 4.67. The average Bonchev–Trinajstić information content (AvgIpc) is 2.98. The van der Waals surface area contributed by atoms with Crippen molar-refractivity contribution >= 4 is 22.4 Å². The molecule has 0 saturated carbocycles. The van der Waals surface area contributed by atoms with Crippen molar-refractivity contribution in [2.24, 2.45) is 0 Å². The van der Waals surface area contributed by atoms with Crippen molar-refractivity contribution in [3.63, 3.8) is 0 Å². The van der Waals surface area contributed by atoms with E-state index in [-0.39, 0.29) is 13.2 Å². The number of hydrogen-bond donors (Lipinski definition) is 3. The smallest absolute Gasteiger partial charge is 0.131 e. The van der Waals surface area contributed by atoms with E-state index in [1.165, 1.54) is 4.68 Å². The number of nitrogens with one attached hydrogen (secondary N) is 1. The number of ether oxygens (including phenoxy) is 1.